The first-order valence-corrected chi connectivity index (χ1v) is 7.45. The quantitative estimate of drug-likeness (QED) is 0.870. The third-order valence-corrected chi connectivity index (χ3v) is 3.97. The summed E-state index contributed by atoms with van der Waals surface area (Å²) in [7, 11) is 0. The highest BCUT2D eigenvalue weighted by molar-refractivity contribution is 5.74. The number of carbonyl (C=O) groups excluding carboxylic acids is 1. The lowest BCUT2D eigenvalue weighted by atomic mass is 10.1. The Kier molecular flexibility index (Phi) is 4.49. The van der Waals surface area contributed by atoms with Crippen LogP contribution in [0.2, 0.25) is 0 Å². The van der Waals surface area contributed by atoms with E-state index >= 15 is 0 Å². The van der Waals surface area contributed by atoms with E-state index in [4.69, 9.17) is 4.74 Å². The first kappa shape index (κ1) is 14.1. The summed E-state index contributed by atoms with van der Waals surface area (Å²) < 4.78 is 5.31. The van der Waals surface area contributed by atoms with Gasteiger partial charge in [0.1, 0.15) is 0 Å². The van der Waals surface area contributed by atoms with Crippen molar-refractivity contribution in [3.63, 3.8) is 0 Å². The average molecular weight is 291 g/mol. The summed E-state index contributed by atoms with van der Waals surface area (Å²) in [6, 6.07) is 1.83. The van der Waals surface area contributed by atoms with E-state index in [1.54, 1.807) is 18.5 Å². The second-order valence-electron chi connectivity index (χ2n) is 5.44. The molecule has 0 aromatic carbocycles. The molecule has 2 amide bonds. The molecular weight excluding hydrogens is 270 g/mol. The molecule has 0 bridgehead atoms. The first-order chi connectivity index (χ1) is 10.3. The maximum Gasteiger partial charge on any atom is 0.317 e. The second-order valence-corrected chi connectivity index (χ2v) is 5.44. The monoisotopic (exact) mass is 291 g/mol. The second kappa shape index (κ2) is 6.71. The zero-order valence-electron chi connectivity index (χ0n) is 12.1. The Balaban J connectivity index is 1.43. The number of carbonyl (C=O) groups is 1. The number of rotatable bonds is 3. The largest absolute Gasteiger partial charge is 0.381 e. The van der Waals surface area contributed by atoms with E-state index in [1.807, 2.05) is 4.90 Å². The van der Waals surface area contributed by atoms with Gasteiger partial charge in [-0.15, -0.1) is 0 Å². The van der Waals surface area contributed by atoms with Crippen LogP contribution in [0.1, 0.15) is 6.42 Å². The Morgan fingerprint density at radius 1 is 1.29 bits per heavy atom. The van der Waals surface area contributed by atoms with Gasteiger partial charge in [-0.2, -0.15) is 0 Å². The molecular formula is C14H21N5O2. The highest BCUT2D eigenvalue weighted by Gasteiger charge is 2.23. The van der Waals surface area contributed by atoms with Gasteiger partial charge in [-0.05, 0) is 12.5 Å². The van der Waals surface area contributed by atoms with Crippen molar-refractivity contribution in [3.05, 3.63) is 18.5 Å². The molecule has 1 aromatic rings. The van der Waals surface area contributed by atoms with Crippen LogP contribution < -0.4 is 10.2 Å². The minimum Gasteiger partial charge on any atom is -0.381 e. The number of urea groups is 1. The summed E-state index contributed by atoms with van der Waals surface area (Å²) in [6.45, 7) is 5.22. The molecule has 3 heterocycles. The molecule has 3 rings (SSSR count). The van der Waals surface area contributed by atoms with Gasteiger partial charge in [-0.1, -0.05) is 0 Å². The van der Waals surface area contributed by atoms with Gasteiger partial charge in [0.15, 0.2) is 0 Å². The van der Waals surface area contributed by atoms with Gasteiger partial charge < -0.3 is 19.9 Å². The third-order valence-electron chi connectivity index (χ3n) is 3.97. The molecule has 0 radical (unpaired) electrons. The molecule has 2 fully saturated rings. The minimum atomic E-state index is 0.0236. The van der Waals surface area contributed by atoms with Gasteiger partial charge in [-0.3, -0.25) is 0 Å². The fourth-order valence-corrected chi connectivity index (χ4v) is 2.65. The lowest BCUT2D eigenvalue weighted by molar-refractivity contribution is 0.179. The van der Waals surface area contributed by atoms with Crippen LogP contribution in [-0.4, -0.2) is 66.8 Å². The van der Waals surface area contributed by atoms with Crippen molar-refractivity contribution in [1.29, 1.82) is 0 Å². The molecule has 1 N–H and O–H groups in total. The maximum absolute atomic E-state index is 12.1. The number of anilines is 1. The summed E-state index contributed by atoms with van der Waals surface area (Å²) in [5, 5.41) is 3.01. The third kappa shape index (κ3) is 3.60. The van der Waals surface area contributed by atoms with Crippen molar-refractivity contribution in [3.8, 4) is 0 Å². The van der Waals surface area contributed by atoms with Gasteiger partial charge in [0, 0.05) is 57.6 Å². The Morgan fingerprint density at radius 3 is 2.71 bits per heavy atom. The van der Waals surface area contributed by atoms with Crippen LogP contribution in [0.15, 0.2) is 18.5 Å². The van der Waals surface area contributed by atoms with Crippen LogP contribution >= 0.6 is 0 Å². The average Bonchev–Trinajstić information content (AvgIpc) is 3.07. The smallest absolute Gasteiger partial charge is 0.317 e. The Labute approximate surface area is 124 Å². The van der Waals surface area contributed by atoms with Crippen LogP contribution in [0.3, 0.4) is 0 Å². The highest BCUT2D eigenvalue weighted by Crippen LogP contribution is 2.12. The van der Waals surface area contributed by atoms with Crippen molar-refractivity contribution in [2.24, 2.45) is 5.92 Å². The van der Waals surface area contributed by atoms with Gasteiger partial charge in [0.05, 0.1) is 6.61 Å². The zero-order valence-corrected chi connectivity index (χ0v) is 12.1. The zero-order chi connectivity index (χ0) is 14.5. The molecule has 21 heavy (non-hydrogen) atoms. The van der Waals surface area contributed by atoms with Gasteiger partial charge in [0.25, 0.3) is 0 Å². The predicted octanol–water partition coefficient (Wildman–Crippen LogP) is 0.345. The summed E-state index contributed by atoms with van der Waals surface area (Å²) in [5.41, 5.74) is 0. The molecule has 0 saturated carbocycles. The molecule has 2 aliphatic rings. The van der Waals surface area contributed by atoms with E-state index in [0.29, 0.717) is 25.6 Å². The van der Waals surface area contributed by atoms with Gasteiger partial charge in [0.2, 0.25) is 5.95 Å². The van der Waals surface area contributed by atoms with Crippen LogP contribution in [-0.2, 0) is 4.74 Å². The highest BCUT2D eigenvalue weighted by atomic mass is 16.5. The molecule has 0 spiro atoms. The van der Waals surface area contributed by atoms with Crippen LogP contribution in [0.5, 0.6) is 0 Å². The van der Waals surface area contributed by atoms with Crippen molar-refractivity contribution < 1.29 is 9.53 Å². The minimum absolute atomic E-state index is 0.0236. The van der Waals surface area contributed by atoms with E-state index in [9.17, 15) is 4.79 Å². The molecule has 2 aliphatic heterocycles. The summed E-state index contributed by atoms with van der Waals surface area (Å²) in [4.78, 5) is 24.6. The van der Waals surface area contributed by atoms with Crippen LogP contribution in [0, 0.1) is 5.92 Å². The Morgan fingerprint density at radius 2 is 2.05 bits per heavy atom. The van der Waals surface area contributed by atoms with Crippen LogP contribution in [0.25, 0.3) is 0 Å². The number of nitrogens with zero attached hydrogens (tertiary/aromatic N) is 4. The van der Waals surface area contributed by atoms with E-state index in [0.717, 1.165) is 38.7 Å². The molecule has 7 nitrogen and oxygen atoms in total. The predicted molar refractivity (Wildman–Crippen MR) is 78.1 cm³/mol. The number of hydrogen-bond donors (Lipinski definition) is 1. The van der Waals surface area contributed by atoms with E-state index in [1.165, 1.54) is 0 Å². The number of ether oxygens (including phenoxy) is 1. The molecule has 0 aliphatic carbocycles. The standard InChI is InChI=1S/C14H21N5O2/c20-14(17-10-12-2-9-21-11-12)19-7-5-18(6-8-19)13-15-3-1-4-16-13/h1,3-4,12H,2,5-11H2,(H,17,20)/t12-/m1/s1. The number of nitrogens with one attached hydrogen (secondary N) is 1. The van der Waals surface area contributed by atoms with Crippen LogP contribution in [0.4, 0.5) is 10.7 Å². The molecule has 2 saturated heterocycles. The molecule has 114 valence electrons. The lowest BCUT2D eigenvalue weighted by Gasteiger charge is -2.34. The summed E-state index contributed by atoms with van der Waals surface area (Å²) in [5.74, 6) is 1.20. The van der Waals surface area contributed by atoms with Crippen molar-refractivity contribution in [2.75, 3.05) is 50.8 Å². The van der Waals surface area contributed by atoms with Crippen molar-refractivity contribution in [1.82, 2.24) is 20.2 Å². The Bertz CT molecular complexity index is 456. The number of amides is 2. The normalized spacial score (nSPS) is 22.4. The topological polar surface area (TPSA) is 70.6 Å². The number of aromatic nitrogens is 2. The SMILES string of the molecule is O=C(NC[C@H]1CCOC1)N1CCN(c2ncccn2)CC1. The Hall–Kier alpha value is -1.89. The van der Waals surface area contributed by atoms with E-state index in [-0.39, 0.29) is 6.03 Å². The molecule has 1 aromatic heterocycles. The van der Waals surface area contributed by atoms with Crippen molar-refractivity contribution >= 4 is 12.0 Å². The first-order valence-electron chi connectivity index (χ1n) is 7.45. The van der Waals surface area contributed by atoms with E-state index < -0.39 is 0 Å². The fourth-order valence-electron chi connectivity index (χ4n) is 2.65. The lowest BCUT2D eigenvalue weighted by Crippen LogP contribution is -2.52. The summed E-state index contributed by atoms with van der Waals surface area (Å²) >= 11 is 0. The molecule has 1 atom stereocenters. The van der Waals surface area contributed by atoms with Gasteiger partial charge >= 0.3 is 6.03 Å². The maximum atomic E-state index is 12.1. The van der Waals surface area contributed by atoms with Gasteiger partial charge in [-0.25, -0.2) is 14.8 Å². The fraction of sp³-hybridized carbons (Fsp3) is 0.643. The molecule has 7 heteroatoms. The van der Waals surface area contributed by atoms with Crippen molar-refractivity contribution in [2.45, 2.75) is 6.42 Å². The number of hydrogen-bond acceptors (Lipinski definition) is 5. The number of piperazine rings is 1. The van der Waals surface area contributed by atoms with E-state index in [2.05, 4.69) is 20.2 Å². The molecule has 0 unspecified atom stereocenters. The summed E-state index contributed by atoms with van der Waals surface area (Å²) in [6.07, 6.45) is 4.52.